The van der Waals surface area contributed by atoms with Crippen LogP contribution >= 0.6 is 0 Å². The van der Waals surface area contributed by atoms with Crippen LogP contribution in [0.2, 0.25) is 0 Å². The van der Waals surface area contributed by atoms with E-state index in [1.165, 1.54) is 10.6 Å². The van der Waals surface area contributed by atoms with E-state index in [2.05, 4.69) is 14.8 Å². The molecule has 0 bridgehead atoms. The molecule has 146 valence electrons. The van der Waals surface area contributed by atoms with Crippen LogP contribution < -0.4 is 4.72 Å². The second kappa shape index (κ2) is 7.02. The van der Waals surface area contributed by atoms with E-state index in [-0.39, 0.29) is 10.6 Å². The summed E-state index contributed by atoms with van der Waals surface area (Å²) in [6, 6.07) is 16.4. The van der Waals surface area contributed by atoms with Crippen molar-refractivity contribution in [2.75, 3.05) is 4.72 Å². The van der Waals surface area contributed by atoms with Crippen LogP contribution in [0.5, 0.6) is 0 Å². The van der Waals surface area contributed by atoms with Crippen molar-refractivity contribution in [1.82, 2.24) is 14.6 Å². The van der Waals surface area contributed by atoms with Crippen molar-refractivity contribution in [1.29, 1.82) is 0 Å². The van der Waals surface area contributed by atoms with E-state index < -0.39 is 16.0 Å². The summed E-state index contributed by atoms with van der Waals surface area (Å²) >= 11 is 0. The Hall–Kier alpha value is -3.72. The van der Waals surface area contributed by atoms with Gasteiger partial charge in [-0.1, -0.05) is 29.8 Å². The van der Waals surface area contributed by atoms with Crippen molar-refractivity contribution in [2.45, 2.75) is 11.8 Å². The number of benzene rings is 2. The van der Waals surface area contributed by atoms with Gasteiger partial charge in [0.2, 0.25) is 0 Å². The third kappa shape index (κ3) is 3.67. The Labute approximate surface area is 166 Å². The summed E-state index contributed by atoms with van der Waals surface area (Å²) in [7, 11) is -3.74. The minimum absolute atomic E-state index is 0.124. The van der Waals surface area contributed by atoms with Gasteiger partial charge in [-0.15, -0.1) is 0 Å². The van der Waals surface area contributed by atoms with E-state index in [0.717, 1.165) is 5.56 Å². The van der Waals surface area contributed by atoms with Crippen LogP contribution in [-0.4, -0.2) is 34.1 Å². The molecular weight excluding hydrogens is 392 g/mol. The molecule has 0 atom stereocenters. The number of fused-ring (bicyclic) bond motifs is 1. The molecule has 9 heteroatoms. The number of hydrogen-bond donors (Lipinski definition) is 2. The Kier molecular flexibility index (Phi) is 4.51. The molecule has 0 spiro atoms. The molecular formula is C20H16N4O4S. The highest BCUT2D eigenvalue weighted by Crippen LogP contribution is 2.25. The maximum Gasteiger partial charge on any atom is 0.356 e. The fourth-order valence-corrected chi connectivity index (χ4v) is 3.94. The van der Waals surface area contributed by atoms with Gasteiger partial charge in [-0.2, -0.15) is 5.10 Å². The molecule has 4 rings (SSSR count). The van der Waals surface area contributed by atoms with Crippen LogP contribution in [0.3, 0.4) is 0 Å². The first-order valence-corrected chi connectivity index (χ1v) is 10.1. The van der Waals surface area contributed by atoms with Crippen LogP contribution in [-0.2, 0) is 10.0 Å². The summed E-state index contributed by atoms with van der Waals surface area (Å²) in [6.45, 7) is 1.88. The van der Waals surface area contributed by atoms with E-state index in [4.69, 9.17) is 5.11 Å². The van der Waals surface area contributed by atoms with Crippen molar-refractivity contribution >= 4 is 27.3 Å². The highest BCUT2D eigenvalue weighted by Gasteiger charge is 2.16. The number of carboxylic acids is 1. The number of anilines is 1. The topological polar surface area (TPSA) is 114 Å². The summed E-state index contributed by atoms with van der Waals surface area (Å²) < 4.78 is 29.3. The quantitative estimate of drug-likeness (QED) is 0.524. The van der Waals surface area contributed by atoms with E-state index in [0.29, 0.717) is 22.6 Å². The molecule has 2 N–H and O–H groups in total. The van der Waals surface area contributed by atoms with Gasteiger partial charge in [-0.3, -0.25) is 4.72 Å². The molecule has 29 heavy (non-hydrogen) atoms. The molecule has 0 saturated carbocycles. The number of carbonyl (C=O) groups is 1. The Balaban J connectivity index is 1.72. The van der Waals surface area contributed by atoms with Gasteiger partial charge in [0.15, 0.2) is 11.3 Å². The molecule has 0 aliphatic rings. The molecule has 0 amide bonds. The van der Waals surface area contributed by atoms with Gasteiger partial charge in [-0.25, -0.2) is 22.7 Å². The Morgan fingerprint density at radius 1 is 1.07 bits per heavy atom. The molecule has 0 saturated heterocycles. The fourth-order valence-electron chi connectivity index (χ4n) is 2.89. The number of aryl methyl sites for hydroxylation is 1. The molecule has 0 aliphatic heterocycles. The van der Waals surface area contributed by atoms with E-state index in [9.17, 15) is 13.2 Å². The summed E-state index contributed by atoms with van der Waals surface area (Å²) in [5, 5.41) is 13.2. The van der Waals surface area contributed by atoms with Crippen molar-refractivity contribution in [3.8, 4) is 11.3 Å². The molecule has 0 unspecified atom stereocenters. The monoisotopic (exact) mass is 408 g/mol. The van der Waals surface area contributed by atoms with Gasteiger partial charge in [0, 0.05) is 23.5 Å². The number of hydrogen-bond acceptors (Lipinski definition) is 5. The van der Waals surface area contributed by atoms with E-state index >= 15 is 0 Å². The molecule has 2 aromatic heterocycles. The van der Waals surface area contributed by atoms with Crippen LogP contribution in [0.4, 0.5) is 5.69 Å². The number of rotatable bonds is 5. The lowest BCUT2D eigenvalue weighted by Crippen LogP contribution is -2.13. The number of aromatic carboxylic acids is 1. The summed E-state index contributed by atoms with van der Waals surface area (Å²) in [6.07, 6.45) is 1.54. The van der Waals surface area contributed by atoms with Gasteiger partial charge in [0.25, 0.3) is 10.0 Å². The molecule has 8 nitrogen and oxygen atoms in total. The first-order chi connectivity index (χ1) is 13.8. The summed E-state index contributed by atoms with van der Waals surface area (Å²) in [5.74, 6) is -1.15. The van der Waals surface area contributed by atoms with Crippen molar-refractivity contribution < 1.29 is 18.3 Å². The second-order valence-electron chi connectivity index (χ2n) is 6.43. The molecule has 0 radical (unpaired) electrons. The lowest BCUT2D eigenvalue weighted by molar-refractivity contribution is 0.0690. The zero-order valence-electron chi connectivity index (χ0n) is 15.3. The van der Waals surface area contributed by atoms with Crippen LogP contribution in [0.1, 0.15) is 16.1 Å². The Bertz CT molecular complexity index is 1330. The third-order valence-corrected chi connectivity index (χ3v) is 5.72. The van der Waals surface area contributed by atoms with Crippen molar-refractivity contribution in [3.05, 3.63) is 78.1 Å². The van der Waals surface area contributed by atoms with Crippen molar-refractivity contribution in [3.63, 3.8) is 0 Å². The molecule has 0 aliphatic carbocycles. The molecule has 2 heterocycles. The number of aromatic nitrogens is 3. The van der Waals surface area contributed by atoms with Gasteiger partial charge in [0.1, 0.15) is 0 Å². The standard InChI is InChI=1S/C20H16N4O4S/c1-13-5-7-16(8-6-13)29(27,28)23-15-4-2-3-14(11-15)18-9-10-21-19-12-17(20(25)26)22-24(18)19/h2-12,23H,1H3,(H,25,26). The maximum atomic E-state index is 12.6. The number of carboxylic acid groups (broad SMARTS) is 1. The second-order valence-corrected chi connectivity index (χ2v) is 8.12. The third-order valence-electron chi connectivity index (χ3n) is 4.32. The van der Waals surface area contributed by atoms with E-state index in [1.807, 2.05) is 6.92 Å². The zero-order chi connectivity index (χ0) is 20.6. The summed E-state index contributed by atoms with van der Waals surface area (Å²) in [5.41, 5.74) is 2.83. The number of nitrogens with one attached hydrogen (secondary N) is 1. The van der Waals surface area contributed by atoms with Crippen LogP contribution in [0.25, 0.3) is 16.9 Å². The minimum Gasteiger partial charge on any atom is -0.476 e. The predicted octanol–water partition coefficient (Wildman–Crippen LogP) is 3.20. The van der Waals surface area contributed by atoms with Gasteiger partial charge in [0.05, 0.1) is 10.6 Å². The first-order valence-electron chi connectivity index (χ1n) is 8.61. The lowest BCUT2D eigenvalue weighted by Gasteiger charge is -2.10. The Morgan fingerprint density at radius 2 is 1.83 bits per heavy atom. The minimum atomic E-state index is -3.74. The van der Waals surface area contributed by atoms with Crippen molar-refractivity contribution in [2.24, 2.45) is 0 Å². The molecule has 0 fully saturated rings. The first kappa shape index (κ1) is 18.6. The van der Waals surface area contributed by atoms with Crippen LogP contribution in [0, 0.1) is 6.92 Å². The van der Waals surface area contributed by atoms with Gasteiger partial charge < -0.3 is 5.11 Å². The number of sulfonamides is 1. The highest BCUT2D eigenvalue weighted by molar-refractivity contribution is 7.92. The fraction of sp³-hybridized carbons (Fsp3) is 0.0500. The normalized spacial score (nSPS) is 11.5. The number of nitrogens with zero attached hydrogens (tertiary/aromatic N) is 3. The maximum absolute atomic E-state index is 12.6. The average molecular weight is 408 g/mol. The summed E-state index contributed by atoms with van der Waals surface area (Å²) in [4.78, 5) is 15.5. The van der Waals surface area contributed by atoms with Gasteiger partial charge >= 0.3 is 5.97 Å². The average Bonchev–Trinajstić information content (AvgIpc) is 3.13. The molecule has 4 aromatic rings. The molecule has 2 aromatic carbocycles. The van der Waals surface area contributed by atoms with E-state index in [1.54, 1.807) is 60.8 Å². The SMILES string of the molecule is Cc1ccc(S(=O)(=O)Nc2cccc(-c3ccnc4cc(C(=O)O)nn34)c2)cc1. The van der Waals surface area contributed by atoms with Gasteiger partial charge in [-0.05, 0) is 37.3 Å². The Morgan fingerprint density at radius 3 is 2.55 bits per heavy atom. The highest BCUT2D eigenvalue weighted by atomic mass is 32.2. The predicted molar refractivity (Wildman–Crippen MR) is 107 cm³/mol. The lowest BCUT2D eigenvalue weighted by atomic mass is 10.1. The largest absolute Gasteiger partial charge is 0.476 e. The van der Waals surface area contributed by atoms with Crippen LogP contribution in [0.15, 0.2) is 71.8 Å². The zero-order valence-corrected chi connectivity index (χ0v) is 16.1. The smallest absolute Gasteiger partial charge is 0.356 e.